The molecule has 8 heteroatoms. The second-order valence-corrected chi connectivity index (χ2v) is 8.48. The number of halogens is 2. The van der Waals surface area contributed by atoms with Gasteiger partial charge in [0.05, 0.1) is 24.8 Å². The molecule has 0 saturated heterocycles. The van der Waals surface area contributed by atoms with Crippen molar-refractivity contribution >= 4 is 22.4 Å². The maximum atomic E-state index is 16.1. The molecule has 2 aliphatic carbocycles. The Hall–Kier alpha value is -6.58. The van der Waals surface area contributed by atoms with Gasteiger partial charge in [0.15, 0.2) is 5.83 Å². The van der Waals surface area contributed by atoms with E-state index >= 15 is 8.78 Å². The standard InChI is InChI=1S/C32H10F2N6/c1-39-21(16-38)26-28-22(17-9-5-3-6-10-17)25-20(15-37)30(33)24(19(13-35)14-36)27(25)23(18-11-7-4-8-12-18)29(28)32(40-2)31(26)34/h3-12H/b26-21-. The Labute approximate surface area is 227 Å². The van der Waals surface area contributed by atoms with E-state index in [2.05, 4.69) is 9.69 Å². The van der Waals surface area contributed by atoms with E-state index in [1.165, 1.54) is 0 Å². The van der Waals surface area contributed by atoms with Gasteiger partial charge in [-0.3, -0.25) is 0 Å². The van der Waals surface area contributed by atoms with E-state index in [1.807, 2.05) is 6.07 Å². The predicted molar refractivity (Wildman–Crippen MR) is 143 cm³/mol. The number of benzene rings is 3. The Balaban J connectivity index is 2.23. The van der Waals surface area contributed by atoms with Gasteiger partial charge in [0.1, 0.15) is 29.6 Å². The second kappa shape index (κ2) is 9.71. The average Bonchev–Trinajstić information content (AvgIpc) is 3.44. The van der Waals surface area contributed by atoms with Gasteiger partial charge in [0.25, 0.3) is 5.70 Å². The third-order valence-electron chi connectivity index (χ3n) is 6.63. The Morgan fingerprint density at radius 2 is 1.15 bits per heavy atom. The molecule has 0 fully saturated rings. The second-order valence-electron chi connectivity index (χ2n) is 8.48. The summed E-state index contributed by atoms with van der Waals surface area (Å²) in [6, 6.07) is 23.4. The lowest BCUT2D eigenvalue weighted by Gasteiger charge is -2.23. The number of fused-ring (bicyclic) bond motifs is 2. The zero-order valence-electron chi connectivity index (χ0n) is 20.2. The SMILES string of the molecule is [C-]#[N+]C1=C(F)/C(=C(/C#N)[N+]#[C-])c2c1c(-c1ccccc1)c1c(c2-c2ccccc2)C(C#N)=C(F)C1=C(C#N)C#N. The molecule has 0 heterocycles. The minimum Gasteiger partial charge on any atom is -0.234 e. The normalized spacial score (nSPS) is 14.2. The zero-order valence-corrected chi connectivity index (χ0v) is 20.2. The van der Waals surface area contributed by atoms with E-state index in [1.54, 1.807) is 78.9 Å². The summed E-state index contributed by atoms with van der Waals surface area (Å²) in [4.78, 5) is 6.62. The maximum absolute atomic E-state index is 16.1. The Kier molecular flexibility index (Phi) is 6.09. The Morgan fingerprint density at radius 1 is 0.625 bits per heavy atom. The molecule has 0 saturated carbocycles. The lowest BCUT2D eigenvalue weighted by molar-refractivity contribution is 0.681. The van der Waals surface area contributed by atoms with Crippen LogP contribution in [0.1, 0.15) is 22.3 Å². The molecule has 40 heavy (non-hydrogen) atoms. The Bertz CT molecular complexity index is 1870. The molecule has 6 nitrogen and oxygen atoms in total. The maximum Gasteiger partial charge on any atom is 0.271 e. The fraction of sp³-hybridized carbons (Fsp3) is 0. The van der Waals surface area contributed by atoms with E-state index < -0.39 is 45.3 Å². The van der Waals surface area contributed by atoms with E-state index in [0.29, 0.717) is 11.1 Å². The minimum atomic E-state index is -1.11. The molecule has 0 aromatic heterocycles. The molecule has 3 aromatic rings. The molecule has 0 radical (unpaired) electrons. The molecule has 5 rings (SSSR count). The van der Waals surface area contributed by atoms with Gasteiger partial charge >= 0.3 is 0 Å². The first kappa shape index (κ1) is 25.1. The first-order valence-electron chi connectivity index (χ1n) is 11.5. The van der Waals surface area contributed by atoms with Crippen LogP contribution in [0.15, 0.2) is 83.6 Å². The number of hydrogen-bond donors (Lipinski definition) is 0. The summed E-state index contributed by atoms with van der Waals surface area (Å²) in [6.45, 7) is 15.4. The number of nitrogens with zero attached hydrogens (tertiary/aromatic N) is 6. The number of rotatable bonds is 2. The van der Waals surface area contributed by atoms with Gasteiger partial charge in [-0.15, -0.1) is 0 Å². The van der Waals surface area contributed by atoms with Crippen LogP contribution in [0.4, 0.5) is 8.78 Å². The summed E-state index contributed by atoms with van der Waals surface area (Å²) in [5.74, 6) is -2.22. The van der Waals surface area contributed by atoms with Gasteiger partial charge in [0.2, 0.25) is 5.70 Å². The van der Waals surface area contributed by atoms with Crippen molar-refractivity contribution < 1.29 is 8.78 Å². The molecular formula is C32H10F2N6. The quantitative estimate of drug-likeness (QED) is 0.256. The summed E-state index contributed by atoms with van der Waals surface area (Å²) in [5, 5.41) is 39.4. The van der Waals surface area contributed by atoms with Gasteiger partial charge in [-0.1, -0.05) is 60.7 Å². The fourth-order valence-corrected chi connectivity index (χ4v) is 5.15. The summed E-state index contributed by atoms with van der Waals surface area (Å²) >= 11 is 0. The van der Waals surface area contributed by atoms with E-state index in [4.69, 9.17) is 13.1 Å². The molecule has 182 valence electrons. The van der Waals surface area contributed by atoms with Crippen LogP contribution in [-0.2, 0) is 0 Å². The molecule has 0 amide bonds. The molecule has 3 aromatic carbocycles. The first-order chi connectivity index (χ1) is 19.5. The largest absolute Gasteiger partial charge is 0.271 e. The van der Waals surface area contributed by atoms with Crippen LogP contribution in [0.25, 0.3) is 54.4 Å². The van der Waals surface area contributed by atoms with Crippen LogP contribution >= 0.6 is 0 Å². The smallest absolute Gasteiger partial charge is 0.234 e. The molecular weight excluding hydrogens is 506 g/mol. The zero-order chi connectivity index (χ0) is 28.6. The first-order valence-corrected chi connectivity index (χ1v) is 11.5. The number of nitriles is 4. The van der Waals surface area contributed by atoms with Crippen molar-refractivity contribution in [2.24, 2.45) is 0 Å². The third-order valence-corrected chi connectivity index (χ3v) is 6.63. The van der Waals surface area contributed by atoms with Crippen molar-refractivity contribution in [2.45, 2.75) is 0 Å². The lowest BCUT2D eigenvalue weighted by Crippen LogP contribution is -2.04. The van der Waals surface area contributed by atoms with Gasteiger partial charge in [-0.2, -0.15) is 15.8 Å². The molecule has 0 bridgehead atoms. The lowest BCUT2D eigenvalue weighted by atomic mass is 9.79. The number of hydrogen-bond acceptors (Lipinski definition) is 4. The van der Waals surface area contributed by atoms with Crippen molar-refractivity contribution in [2.75, 3.05) is 0 Å². The highest BCUT2D eigenvalue weighted by Gasteiger charge is 2.43. The van der Waals surface area contributed by atoms with E-state index in [0.717, 1.165) is 0 Å². The van der Waals surface area contributed by atoms with Crippen molar-refractivity contribution in [3.8, 4) is 46.5 Å². The van der Waals surface area contributed by atoms with Crippen LogP contribution in [0, 0.1) is 58.5 Å². The summed E-state index contributed by atoms with van der Waals surface area (Å²) in [6.07, 6.45) is 0. The van der Waals surface area contributed by atoms with Crippen molar-refractivity contribution in [3.05, 3.63) is 129 Å². The van der Waals surface area contributed by atoms with Crippen LogP contribution in [0.3, 0.4) is 0 Å². The van der Waals surface area contributed by atoms with Crippen molar-refractivity contribution in [3.63, 3.8) is 0 Å². The number of allylic oxidation sites excluding steroid dienone is 7. The van der Waals surface area contributed by atoms with Gasteiger partial charge in [-0.05, 0) is 33.4 Å². The molecule has 0 aliphatic heterocycles. The van der Waals surface area contributed by atoms with Gasteiger partial charge < -0.3 is 0 Å². The summed E-state index contributed by atoms with van der Waals surface area (Å²) < 4.78 is 32.3. The molecule has 0 unspecified atom stereocenters. The highest BCUT2D eigenvalue weighted by Crippen LogP contribution is 2.60. The monoisotopic (exact) mass is 516 g/mol. The topological polar surface area (TPSA) is 104 Å². The predicted octanol–water partition coefficient (Wildman–Crippen LogP) is 7.76. The van der Waals surface area contributed by atoms with Crippen LogP contribution in [0.5, 0.6) is 0 Å². The highest BCUT2D eigenvalue weighted by atomic mass is 19.1. The summed E-state index contributed by atoms with van der Waals surface area (Å²) in [7, 11) is 0. The molecule has 0 N–H and O–H groups in total. The van der Waals surface area contributed by atoms with Gasteiger partial charge in [-0.25, -0.2) is 23.7 Å². The van der Waals surface area contributed by atoms with E-state index in [9.17, 15) is 21.0 Å². The summed E-state index contributed by atoms with van der Waals surface area (Å²) in [5.41, 5.74) is -2.25. The third kappa shape index (κ3) is 3.33. The average molecular weight is 516 g/mol. The highest BCUT2D eigenvalue weighted by molar-refractivity contribution is 6.20. The minimum absolute atomic E-state index is 0.0166. The van der Waals surface area contributed by atoms with Crippen molar-refractivity contribution in [1.82, 2.24) is 0 Å². The van der Waals surface area contributed by atoms with Crippen LogP contribution in [-0.4, -0.2) is 0 Å². The van der Waals surface area contributed by atoms with Crippen LogP contribution in [0.2, 0.25) is 0 Å². The van der Waals surface area contributed by atoms with Crippen molar-refractivity contribution in [1.29, 1.82) is 21.0 Å². The molecule has 0 spiro atoms. The Morgan fingerprint density at radius 3 is 1.60 bits per heavy atom. The van der Waals surface area contributed by atoms with Gasteiger partial charge in [0, 0.05) is 22.3 Å². The fourth-order valence-electron chi connectivity index (χ4n) is 5.15. The van der Waals surface area contributed by atoms with E-state index in [-0.39, 0.29) is 33.4 Å². The molecule has 2 aliphatic rings. The molecule has 0 atom stereocenters. The van der Waals surface area contributed by atoms with Crippen LogP contribution < -0.4 is 0 Å².